The van der Waals surface area contributed by atoms with Crippen LogP contribution in [-0.2, 0) is 0 Å². The zero-order chi connectivity index (χ0) is 23.9. The summed E-state index contributed by atoms with van der Waals surface area (Å²) >= 11 is 6.27. The number of aryl methyl sites for hydroxylation is 3. The van der Waals surface area contributed by atoms with E-state index in [0.29, 0.717) is 11.1 Å². The number of halogens is 2. The van der Waals surface area contributed by atoms with Crippen LogP contribution in [0.15, 0.2) is 66.0 Å². The third kappa shape index (κ3) is 4.39. The first-order valence-corrected chi connectivity index (χ1v) is 10.9. The number of ketones is 1. The summed E-state index contributed by atoms with van der Waals surface area (Å²) in [5.41, 5.74) is 3.54. The van der Waals surface area contributed by atoms with Gasteiger partial charge in [0.25, 0.3) is 5.56 Å². The molecule has 0 saturated carbocycles. The Hall–Kier alpha value is -3.51. The highest BCUT2D eigenvalue weighted by atomic mass is 35.5. The second-order valence-electron chi connectivity index (χ2n) is 8.24. The minimum absolute atomic E-state index is 0.0625. The third-order valence-electron chi connectivity index (χ3n) is 5.73. The van der Waals surface area contributed by atoms with E-state index in [-0.39, 0.29) is 10.6 Å². The smallest absolute Gasteiger partial charge is 0.262 e. The van der Waals surface area contributed by atoms with Crippen LogP contribution in [0.4, 0.5) is 4.39 Å². The standard InChI is InChI=1S/C26H23ClFN3O2/c1-15-5-7-21(23(28)9-15)18(4)31-13-20(27)11-22(26(31)33)25(32)19-6-8-24(16(2)10-19)30-12-17(3)29-14-30/h5-14,18H,1-4H3. The van der Waals surface area contributed by atoms with E-state index in [0.717, 1.165) is 22.5 Å². The number of hydrogen-bond acceptors (Lipinski definition) is 3. The van der Waals surface area contributed by atoms with Gasteiger partial charge in [0.15, 0.2) is 5.78 Å². The molecule has 2 aromatic heterocycles. The number of aromatic nitrogens is 3. The molecule has 4 aromatic rings. The van der Waals surface area contributed by atoms with Gasteiger partial charge in [-0.15, -0.1) is 0 Å². The maximum atomic E-state index is 14.5. The molecule has 2 heterocycles. The average Bonchev–Trinajstić information content (AvgIpc) is 3.20. The maximum Gasteiger partial charge on any atom is 0.262 e. The fourth-order valence-corrected chi connectivity index (χ4v) is 4.15. The predicted molar refractivity (Wildman–Crippen MR) is 127 cm³/mol. The molecular weight excluding hydrogens is 441 g/mol. The van der Waals surface area contributed by atoms with Gasteiger partial charge in [0.1, 0.15) is 5.82 Å². The van der Waals surface area contributed by atoms with Crippen molar-refractivity contribution in [3.8, 4) is 5.69 Å². The quantitative estimate of drug-likeness (QED) is 0.362. The summed E-state index contributed by atoms with van der Waals surface area (Å²) in [6.07, 6.45) is 5.03. The Kier molecular flexibility index (Phi) is 6.04. The van der Waals surface area contributed by atoms with Gasteiger partial charge in [-0.1, -0.05) is 23.7 Å². The van der Waals surface area contributed by atoms with Crippen molar-refractivity contribution in [1.82, 2.24) is 14.1 Å². The predicted octanol–water partition coefficient (Wildman–Crippen LogP) is 5.59. The van der Waals surface area contributed by atoms with E-state index >= 15 is 0 Å². The molecule has 168 valence electrons. The SMILES string of the molecule is Cc1ccc(C(C)n2cc(Cl)cc(C(=O)c3ccc(-n4cnc(C)c4)c(C)c3)c2=O)c(F)c1. The second-order valence-corrected chi connectivity index (χ2v) is 8.67. The number of carbonyl (C=O) groups excluding carboxylic acids is 1. The second kappa shape index (κ2) is 8.79. The van der Waals surface area contributed by atoms with E-state index in [1.807, 2.05) is 30.7 Å². The van der Waals surface area contributed by atoms with Crippen LogP contribution in [0.1, 0.15) is 51.3 Å². The number of pyridine rings is 1. The lowest BCUT2D eigenvalue weighted by Gasteiger charge is -2.18. The van der Waals surface area contributed by atoms with Crippen molar-refractivity contribution >= 4 is 17.4 Å². The minimum atomic E-state index is -0.642. The molecule has 0 spiro atoms. The molecule has 0 fully saturated rings. The molecule has 0 N–H and O–H groups in total. The van der Waals surface area contributed by atoms with E-state index < -0.39 is 23.2 Å². The summed E-state index contributed by atoms with van der Waals surface area (Å²) in [6.45, 7) is 7.28. The molecule has 7 heteroatoms. The fourth-order valence-electron chi connectivity index (χ4n) is 3.93. The topological polar surface area (TPSA) is 56.9 Å². The number of hydrogen-bond donors (Lipinski definition) is 0. The lowest BCUT2D eigenvalue weighted by molar-refractivity contribution is 0.103. The molecule has 0 saturated heterocycles. The molecule has 0 aliphatic rings. The summed E-state index contributed by atoms with van der Waals surface area (Å²) < 4.78 is 17.7. The highest BCUT2D eigenvalue weighted by molar-refractivity contribution is 6.31. The van der Waals surface area contributed by atoms with Crippen LogP contribution < -0.4 is 5.56 Å². The van der Waals surface area contributed by atoms with E-state index in [1.54, 1.807) is 44.4 Å². The number of benzene rings is 2. The number of nitrogens with zero attached hydrogens (tertiary/aromatic N) is 3. The monoisotopic (exact) mass is 463 g/mol. The van der Waals surface area contributed by atoms with Crippen LogP contribution in [0.25, 0.3) is 5.69 Å². The summed E-state index contributed by atoms with van der Waals surface area (Å²) in [4.78, 5) is 30.8. The number of rotatable bonds is 5. The first-order valence-electron chi connectivity index (χ1n) is 10.5. The zero-order valence-electron chi connectivity index (χ0n) is 18.8. The normalized spacial score (nSPS) is 12.1. The first-order chi connectivity index (χ1) is 15.7. The van der Waals surface area contributed by atoms with Crippen molar-refractivity contribution in [1.29, 1.82) is 0 Å². The van der Waals surface area contributed by atoms with Crippen molar-refractivity contribution in [3.05, 3.63) is 116 Å². The first kappa shape index (κ1) is 22.7. The van der Waals surface area contributed by atoms with Gasteiger partial charge in [0, 0.05) is 29.2 Å². The zero-order valence-corrected chi connectivity index (χ0v) is 19.5. The van der Waals surface area contributed by atoms with E-state index in [2.05, 4.69) is 4.98 Å². The lowest BCUT2D eigenvalue weighted by atomic mass is 10.0. The molecule has 0 amide bonds. The van der Waals surface area contributed by atoms with Crippen LogP contribution in [0.5, 0.6) is 0 Å². The summed E-state index contributed by atoms with van der Waals surface area (Å²) in [7, 11) is 0. The van der Waals surface area contributed by atoms with Gasteiger partial charge in [-0.3, -0.25) is 9.59 Å². The van der Waals surface area contributed by atoms with E-state index in [9.17, 15) is 14.0 Å². The van der Waals surface area contributed by atoms with Gasteiger partial charge in [0.05, 0.1) is 28.6 Å². The Morgan fingerprint density at radius 1 is 1.06 bits per heavy atom. The molecular formula is C26H23ClFN3O2. The van der Waals surface area contributed by atoms with Crippen LogP contribution in [0.2, 0.25) is 5.02 Å². The Morgan fingerprint density at radius 2 is 1.82 bits per heavy atom. The van der Waals surface area contributed by atoms with Crippen LogP contribution in [0, 0.1) is 26.6 Å². The maximum absolute atomic E-state index is 14.5. The van der Waals surface area contributed by atoms with Gasteiger partial charge in [-0.2, -0.15) is 0 Å². The van der Waals surface area contributed by atoms with Crippen molar-refractivity contribution in [2.45, 2.75) is 33.7 Å². The van der Waals surface area contributed by atoms with Crippen LogP contribution >= 0.6 is 11.6 Å². The molecule has 1 unspecified atom stereocenters. The average molecular weight is 464 g/mol. The van der Waals surface area contributed by atoms with Gasteiger partial charge in [-0.25, -0.2) is 9.37 Å². The van der Waals surface area contributed by atoms with E-state index in [4.69, 9.17) is 11.6 Å². The molecule has 0 aliphatic carbocycles. The van der Waals surface area contributed by atoms with Crippen molar-refractivity contribution in [2.24, 2.45) is 0 Å². The molecule has 0 aliphatic heterocycles. The van der Waals surface area contributed by atoms with Crippen LogP contribution in [-0.4, -0.2) is 19.9 Å². The summed E-state index contributed by atoms with van der Waals surface area (Å²) in [5, 5.41) is 0.222. The minimum Gasteiger partial charge on any atom is -0.306 e. The molecule has 1 atom stereocenters. The number of imidazole rings is 1. The van der Waals surface area contributed by atoms with Gasteiger partial charge >= 0.3 is 0 Å². The van der Waals surface area contributed by atoms with Crippen LogP contribution in [0.3, 0.4) is 0 Å². The molecule has 33 heavy (non-hydrogen) atoms. The Morgan fingerprint density at radius 3 is 2.45 bits per heavy atom. The molecule has 0 bridgehead atoms. The van der Waals surface area contributed by atoms with Crippen molar-refractivity contribution in [2.75, 3.05) is 0 Å². The molecule has 4 rings (SSSR count). The van der Waals surface area contributed by atoms with Gasteiger partial charge < -0.3 is 9.13 Å². The summed E-state index contributed by atoms with van der Waals surface area (Å²) in [6, 6.07) is 10.8. The Bertz CT molecular complexity index is 1440. The van der Waals surface area contributed by atoms with Gasteiger partial charge in [0.2, 0.25) is 0 Å². The third-order valence-corrected chi connectivity index (χ3v) is 5.93. The Labute approximate surface area is 196 Å². The molecule has 0 radical (unpaired) electrons. The summed E-state index contributed by atoms with van der Waals surface area (Å²) in [5.74, 6) is -0.854. The highest BCUT2D eigenvalue weighted by Crippen LogP contribution is 2.24. The highest BCUT2D eigenvalue weighted by Gasteiger charge is 2.21. The van der Waals surface area contributed by atoms with Gasteiger partial charge in [-0.05, 0) is 69.2 Å². The fraction of sp³-hybridized carbons (Fsp3) is 0.192. The molecule has 2 aromatic carbocycles. The van der Waals surface area contributed by atoms with E-state index in [1.165, 1.54) is 22.9 Å². The van der Waals surface area contributed by atoms with Crippen molar-refractivity contribution < 1.29 is 9.18 Å². The Balaban J connectivity index is 1.74. The lowest BCUT2D eigenvalue weighted by Crippen LogP contribution is -2.29. The number of carbonyl (C=O) groups is 1. The largest absolute Gasteiger partial charge is 0.306 e. The van der Waals surface area contributed by atoms with Crippen molar-refractivity contribution in [3.63, 3.8) is 0 Å². The molecule has 5 nitrogen and oxygen atoms in total.